The van der Waals surface area contributed by atoms with Gasteiger partial charge in [0.05, 0.1) is 0 Å². The van der Waals surface area contributed by atoms with Crippen LogP contribution in [-0.4, -0.2) is 32.8 Å². The van der Waals surface area contributed by atoms with E-state index in [2.05, 4.69) is 85.6 Å². The van der Waals surface area contributed by atoms with E-state index in [1.165, 1.54) is 57.8 Å². The Labute approximate surface area is 214 Å². The summed E-state index contributed by atoms with van der Waals surface area (Å²) in [7, 11) is -1.72. The quantitative estimate of drug-likeness (QED) is 0.196. The van der Waals surface area contributed by atoms with Crippen LogP contribution in [0.2, 0.25) is 31.4 Å². The first-order valence-electron chi connectivity index (χ1n) is 14.5. The van der Waals surface area contributed by atoms with Gasteiger partial charge in [0.2, 0.25) is 0 Å². The van der Waals surface area contributed by atoms with E-state index in [0.717, 1.165) is 0 Å². The van der Waals surface area contributed by atoms with Crippen LogP contribution in [0.1, 0.15) is 120 Å². The van der Waals surface area contributed by atoms with Crippen molar-refractivity contribution < 1.29 is 4.43 Å². The third-order valence-corrected chi connectivity index (χ3v) is 28.9. The maximum absolute atomic E-state index is 7.02. The molecule has 2 aliphatic carbocycles. The molecule has 0 aromatic rings. The third-order valence-electron chi connectivity index (χ3n) is 10.3. The van der Waals surface area contributed by atoms with Gasteiger partial charge < -0.3 is 0 Å². The van der Waals surface area contributed by atoms with Crippen LogP contribution < -0.4 is 0 Å². The fourth-order valence-corrected chi connectivity index (χ4v) is 22.7. The molecule has 2 saturated carbocycles. The van der Waals surface area contributed by atoms with Gasteiger partial charge in [-0.15, -0.1) is 0 Å². The zero-order valence-corrected chi connectivity index (χ0v) is 28.5. The molecule has 3 atom stereocenters. The minimum absolute atomic E-state index is 0.294. The van der Waals surface area contributed by atoms with Crippen LogP contribution in [0.15, 0.2) is 10.2 Å². The molecule has 0 N–H and O–H groups in total. The number of unbranched alkanes of at least 4 members (excludes halogenated alkanes) is 3. The molecule has 0 unspecified atom stereocenters. The molecule has 3 heteroatoms. The summed E-state index contributed by atoms with van der Waals surface area (Å²) in [5, 5.41) is 0.294. The van der Waals surface area contributed by atoms with E-state index >= 15 is 0 Å². The van der Waals surface area contributed by atoms with Gasteiger partial charge >= 0.3 is 215 Å². The summed E-state index contributed by atoms with van der Waals surface area (Å²) in [6.45, 7) is 27.0. The summed E-state index contributed by atoms with van der Waals surface area (Å²) in [5.41, 5.74) is 1.19. The average Bonchev–Trinajstić information content (AvgIpc) is 3.32. The number of fused-ring (bicyclic) bond motifs is 1. The second-order valence-corrected chi connectivity index (χ2v) is 32.3. The van der Waals surface area contributed by atoms with Gasteiger partial charge in [0.15, 0.2) is 0 Å². The monoisotopic (exact) mass is 584 g/mol. The van der Waals surface area contributed by atoms with Crippen LogP contribution in [0.25, 0.3) is 0 Å². The summed E-state index contributed by atoms with van der Waals surface area (Å²) in [6.07, 6.45) is 15.7. The van der Waals surface area contributed by atoms with Crippen molar-refractivity contribution in [3.05, 3.63) is 10.2 Å². The Balaban J connectivity index is 2.28. The zero-order chi connectivity index (χ0) is 25.2. The van der Waals surface area contributed by atoms with E-state index in [1.54, 1.807) is 13.3 Å². The van der Waals surface area contributed by atoms with Crippen LogP contribution in [-0.2, 0) is 4.43 Å². The van der Waals surface area contributed by atoms with Crippen molar-refractivity contribution >= 4 is 26.7 Å². The number of hydrogen-bond acceptors (Lipinski definition) is 1. The Morgan fingerprint density at radius 2 is 1.36 bits per heavy atom. The van der Waals surface area contributed by atoms with Gasteiger partial charge in [-0.3, -0.25) is 0 Å². The SMILES string of the molecule is CCC[CH2][Sn](/[CH]=C/[C@]12C[C@@]1(C)C[C@H](O[Si](C)(C)C(C)(C)C)CC2(C)C)([CH2]CCC)[CH2]CCC. The molecule has 0 radical (unpaired) electrons. The minimum atomic E-state index is -2.25. The molecule has 2 fully saturated rings. The Bertz CT molecular complexity index is 639. The summed E-state index contributed by atoms with van der Waals surface area (Å²) in [5.74, 6) is 0. The number of allylic oxidation sites excluding steroid dienone is 1. The summed E-state index contributed by atoms with van der Waals surface area (Å²) < 4.78 is 14.8. The number of rotatable bonds is 13. The molecule has 33 heavy (non-hydrogen) atoms. The van der Waals surface area contributed by atoms with E-state index in [0.29, 0.717) is 27.4 Å². The van der Waals surface area contributed by atoms with E-state index < -0.39 is 26.7 Å². The predicted molar refractivity (Wildman–Crippen MR) is 154 cm³/mol. The van der Waals surface area contributed by atoms with Gasteiger partial charge in [0.1, 0.15) is 0 Å². The molecule has 0 aromatic carbocycles. The fourth-order valence-electron chi connectivity index (χ4n) is 6.90. The molecule has 0 aromatic heterocycles. The molecule has 1 nitrogen and oxygen atoms in total. The van der Waals surface area contributed by atoms with Crippen LogP contribution in [0.5, 0.6) is 0 Å². The molecule has 0 spiro atoms. The molecule has 0 aliphatic heterocycles. The normalized spacial score (nSPS) is 30.0. The van der Waals surface area contributed by atoms with Crippen LogP contribution in [0, 0.1) is 16.2 Å². The van der Waals surface area contributed by atoms with Gasteiger partial charge in [-0.25, -0.2) is 0 Å². The van der Waals surface area contributed by atoms with Crippen molar-refractivity contribution in [1.82, 2.24) is 0 Å². The second-order valence-electron chi connectivity index (χ2n) is 14.5. The Morgan fingerprint density at radius 1 is 0.879 bits per heavy atom. The van der Waals surface area contributed by atoms with Crippen molar-refractivity contribution in [3.8, 4) is 0 Å². The standard InChI is InChI=1S/C18H33OSi.3C4H9.Sn/c1-10-18-13-17(18,7)12-14(11-16(18,5)6)19-20(8,9)15(2,3)4;3*1-3-4-2;/h1,10,14H,11-13H2,2-9H3;3*1,3-4H2,2H3;/t14-,17-,18-;;;;/m1..../s1. The summed E-state index contributed by atoms with van der Waals surface area (Å²) >= 11 is -2.25. The topological polar surface area (TPSA) is 9.23 Å². The van der Waals surface area contributed by atoms with Crippen LogP contribution in [0.4, 0.5) is 0 Å². The van der Waals surface area contributed by atoms with Crippen molar-refractivity contribution in [2.24, 2.45) is 16.2 Å². The zero-order valence-electron chi connectivity index (χ0n) is 24.6. The number of hydrogen-bond donors (Lipinski definition) is 0. The van der Waals surface area contributed by atoms with Gasteiger partial charge in [0.25, 0.3) is 0 Å². The average molecular weight is 584 g/mol. The van der Waals surface area contributed by atoms with E-state index in [1.807, 2.05) is 0 Å². The van der Waals surface area contributed by atoms with Gasteiger partial charge in [-0.1, -0.05) is 0 Å². The molecule has 0 bridgehead atoms. The van der Waals surface area contributed by atoms with Gasteiger partial charge in [0, 0.05) is 0 Å². The third kappa shape index (κ3) is 6.54. The van der Waals surface area contributed by atoms with E-state index in [9.17, 15) is 0 Å². The molecule has 0 heterocycles. The van der Waals surface area contributed by atoms with Crippen molar-refractivity contribution in [2.75, 3.05) is 0 Å². The summed E-state index contributed by atoms with van der Waals surface area (Å²) in [6, 6.07) is 0. The molecule has 0 amide bonds. The Morgan fingerprint density at radius 3 is 1.76 bits per heavy atom. The molecule has 2 aliphatic rings. The van der Waals surface area contributed by atoms with Crippen molar-refractivity contribution in [1.29, 1.82) is 0 Å². The fraction of sp³-hybridized carbons (Fsp3) is 0.933. The predicted octanol–water partition coefficient (Wildman–Crippen LogP) is 10.5. The molecular formula is C30H60OSiSn. The molecule has 194 valence electrons. The molecular weight excluding hydrogens is 523 g/mol. The van der Waals surface area contributed by atoms with Crippen molar-refractivity contribution in [2.45, 2.75) is 158 Å². The maximum atomic E-state index is 7.02. The van der Waals surface area contributed by atoms with Gasteiger partial charge in [-0.05, 0) is 0 Å². The molecule has 0 saturated heterocycles. The van der Waals surface area contributed by atoms with Crippen molar-refractivity contribution in [3.63, 3.8) is 0 Å². The van der Waals surface area contributed by atoms with E-state index in [4.69, 9.17) is 4.43 Å². The first-order valence-corrected chi connectivity index (χ1v) is 25.1. The molecule has 2 rings (SSSR count). The van der Waals surface area contributed by atoms with Gasteiger partial charge in [-0.2, -0.15) is 0 Å². The summed E-state index contributed by atoms with van der Waals surface area (Å²) in [4.78, 5) is 0. The first-order chi connectivity index (χ1) is 15.1. The Hall–Kier alpha value is 0.716. The Kier molecular flexibility index (Phi) is 9.97. The van der Waals surface area contributed by atoms with Crippen LogP contribution >= 0.6 is 0 Å². The van der Waals surface area contributed by atoms with Crippen LogP contribution in [0.3, 0.4) is 0 Å². The first kappa shape index (κ1) is 29.9. The second kappa shape index (κ2) is 11.0. The van der Waals surface area contributed by atoms with E-state index in [-0.39, 0.29) is 0 Å².